The first-order valence-corrected chi connectivity index (χ1v) is 11.4. The molecule has 0 unspecified atom stereocenters. The van der Waals surface area contributed by atoms with Gasteiger partial charge in [0.05, 0.1) is 16.5 Å². The summed E-state index contributed by atoms with van der Waals surface area (Å²) in [7, 11) is 0. The molecular formula is C25H19Cl2FN4O4. The van der Waals surface area contributed by atoms with Gasteiger partial charge in [-0.3, -0.25) is 19.6 Å². The number of nitrogens with zero attached hydrogens (tertiary/aromatic N) is 3. The lowest BCUT2D eigenvalue weighted by atomic mass is 10.1. The van der Waals surface area contributed by atoms with Crippen molar-refractivity contribution in [2.45, 2.75) is 20.1 Å². The molecule has 1 N–H and O–H groups in total. The monoisotopic (exact) mass is 528 g/mol. The number of carbonyl (C=O) groups excluding carboxylic acids is 1. The Morgan fingerprint density at radius 3 is 2.50 bits per heavy atom. The van der Waals surface area contributed by atoms with Crippen LogP contribution in [0.25, 0.3) is 0 Å². The molecule has 0 spiro atoms. The summed E-state index contributed by atoms with van der Waals surface area (Å²) in [6, 6.07) is 16.6. The van der Waals surface area contributed by atoms with E-state index in [0.29, 0.717) is 34.3 Å². The van der Waals surface area contributed by atoms with Crippen LogP contribution in [-0.2, 0) is 13.2 Å². The molecule has 4 aromatic rings. The Morgan fingerprint density at radius 2 is 1.83 bits per heavy atom. The standard InChI is InChI=1S/C25H19Cl2FN4O4/c1-15-10-24(30-31(15)13-18-6-7-19(28)11-21(18)26)29-25(33)17-4-2-16(3-5-17)14-36-23-9-8-20(32(34)35)12-22(23)27/h2-12H,13-14H2,1H3,(H,29,30,33). The molecule has 0 saturated heterocycles. The van der Waals surface area contributed by atoms with Gasteiger partial charge in [0.25, 0.3) is 11.6 Å². The third-order valence-corrected chi connectivity index (χ3v) is 5.94. The van der Waals surface area contributed by atoms with E-state index < -0.39 is 10.7 Å². The summed E-state index contributed by atoms with van der Waals surface area (Å²) in [5.41, 5.74) is 2.57. The van der Waals surface area contributed by atoms with Crippen molar-refractivity contribution in [2.24, 2.45) is 0 Å². The Labute approximate surface area is 215 Å². The van der Waals surface area contributed by atoms with Gasteiger partial charge in [0.1, 0.15) is 18.2 Å². The first-order valence-electron chi connectivity index (χ1n) is 10.6. The molecule has 36 heavy (non-hydrogen) atoms. The lowest BCUT2D eigenvalue weighted by molar-refractivity contribution is -0.384. The molecule has 11 heteroatoms. The number of nitrogens with one attached hydrogen (secondary N) is 1. The van der Waals surface area contributed by atoms with Crippen molar-refractivity contribution < 1.29 is 18.8 Å². The molecule has 0 aliphatic carbocycles. The van der Waals surface area contributed by atoms with Gasteiger partial charge in [-0.05, 0) is 48.4 Å². The van der Waals surface area contributed by atoms with Crippen molar-refractivity contribution in [3.8, 4) is 5.75 Å². The normalized spacial score (nSPS) is 10.8. The van der Waals surface area contributed by atoms with Crippen LogP contribution < -0.4 is 10.1 Å². The van der Waals surface area contributed by atoms with Crippen molar-refractivity contribution in [1.82, 2.24) is 9.78 Å². The van der Waals surface area contributed by atoms with Crippen LogP contribution in [0.15, 0.2) is 66.7 Å². The van der Waals surface area contributed by atoms with E-state index in [1.54, 1.807) is 41.1 Å². The van der Waals surface area contributed by atoms with Crippen molar-refractivity contribution in [3.63, 3.8) is 0 Å². The highest BCUT2D eigenvalue weighted by Gasteiger charge is 2.13. The summed E-state index contributed by atoms with van der Waals surface area (Å²) < 4.78 is 20.6. The van der Waals surface area contributed by atoms with Crippen LogP contribution in [0.3, 0.4) is 0 Å². The highest BCUT2D eigenvalue weighted by atomic mass is 35.5. The summed E-state index contributed by atoms with van der Waals surface area (Å²) in [4.78, 5) is 23.0. The number of anilines is 1. The van der Waals surface area contributed by atoms with Gasteiger partial charge in [0.15, 0.2) is 5.82 Å². The van der Waals surface area contributed by atoms with Gasteiger partial charge in [-0.2, -0.15) is 5.10 Å². The number of halogens is 3. The number of amides is 1. The SMILES string of the molecule is Cc1cc(NC(=O)c2ccc(COc3ccc([N+](=O)[O-])cc3Cl)cc2)nn1Cc1ccc(F)cc1Cl. The third-order valence-electron chi connectivity index (χ3n) is 5.29. The number of non-ortho nitro benzene ring substituents is 1. The van der Waals surface area contributed by atoms with E-state index in [1.165, 1.54) is 30.3 Å². The highest BCUT2D eigenvalue weighted by Crippen LogP contribution is 2.29. The molecule has 1 heterocycles. The predicted molar refractivity (Wildman–Crippen MR) is 134 cm³/mol. The molecular weight excluding hydrogens is 510 g/mol. The average Bonchev–Trinajstić information content (AvgIpc) is 3.18. The minimum absolute atomic E-state index is 0.123. The highest BCUT2D eigenvalue weighted by molar-refractivity contribution is 6.32. The second-order valence-corrected chi connectivity index (χ2v) is 8.69. The maximum Gasteiger partial charge on any atom is 0.271 e. The van der Waals surface area contributed by atoms with E-state index >= 15 is 0 Å². The van der Waals surface area contributed by atoms with Gasteiger partial charge in [-0.15, -0.1) is 0 Å². The van der Waals surface area contributed by atoms with E-state index in [2.05, 4.69) is 10.4 Å². The van der Waals surface area contributed by atoms with Crippen LogP contribution in [0.1, 0.15) is 27.2 Å². The maximum atomic E-state index is 13.3. The zero-order valence-corrected chi connectivity index (χ0v) is 20.4. The summed E-state index contributed by atoms with van der Waals surface area (Å²) >= 11 is 12.2. The van der Waals surface area contributed by atoms with E-state index in [1.807, 2.05) is 6.92 Å². The van der Waals surface area contributed by atoms with Crippen LogP contribution in [0.4, 0.5) is 15.9 Å². The number of aryl methyl sites for hydroxylation is 1. The zero-order chi connectivity index (χ0) is 25.8. The van der Waals surface area contributed by atoms with Crippen LogP contribution in [-0.4, -0.2) is 20.6 Å². The number of benzene rings is 3. The Hall–Kier alpha value is -3.95. The molecule has 3 aromatic carbocycles. The quantitative estimate of drug-likeness (QED) is 0.210. The molecule has 0 radical (unpaired) electrons. The molecule has 1 amide bonds. The topological polar surface area (TPSA) is 99.3 Å². The smallest absolute Gasteiger partial charge is 0.271 e. The minimum Gasteiger partial charge on any atom is -0.487 e. The molecule has 184 valence electrons. The molecule has 0 fully saturated rings. The number of hydrogen-bond acceptors (Lipinski definition) is 5. The first-order chi connectivity index (χ1) is 17.2. The molecule has 8 nitrogen and oxygen atoms in total. The number of nitro groups is 1. The van der Waals surface area contributed by atoms with Crippen LogP contribution in [0, 0.1) is 22.9 Å². The average molecular weight is 529 g/mol. The van der Waals surface area contributed by atoms with E-state index in [0.717, 1.165) is 11.3 Å². The van der Waals surface area contributed by atoms with Crippen molar-refractivity contribution >= 4 is 40.6 Å². The zero-order valence-electron chi connectivity index (χ0n) is 18.9. The lowest BCUT2D eigenvalue weighted by Crippen LogP contribution is -2.13. The number of hydrogen-bond donors (Lipinski definition) is 1. The van der Waals surface area contributed by atoms with Crippen molar-refractivity contribution in [2.75, 3.05) is 5.32 Å². The van der Waals surface area contributed by atoms with Gasteiger partial charge in [0, 0.05) is 34.5 Å². The Bertz CT molecular complexity index is 1440. The number of rotatable bonds is 8. The van der Waals surface area contributed by atoms with Crippen LogP contribution >= 0.6 is 23.2 Å². The fraction of sp³-hybridized carbons (Fsp3) is 0.120. The first kappa shape index (κ1) is 25.2. The third kappa shape index (κ3) is 5.99. The number of carbonyl (C=O) groups is 1. The van der Waals surface area contributed by atoms with E-state index in [9.17, 15) is 19.3 Å². The molecule has 0 aliphatic rings. The Kier molecular flexibility index (Phi) is 7.52. The van der Waals surface area contributed by atoms with Gasteiger partial charge < -0.3 is 10.1 Å². The van der Waals surface area contributed by atoms with Crippen LogP contribution in [0.5, 0.6) is 5.75 Å². The molecule has 4 rings (SSSR count). The molecule has 0 bridgehead atoms. The van der Waals surface area contributed by atoms with Crippen molar-refractivity contribution in [1.29, 1.82) is 0 Å². The second kappa shape index (κ2) is 10.8. The van der Waals surface area contributed by atoms with Gasteiger partial charge in [-0.1, -0.05) is 41.4 Å². The van der Waals surface area contributed by atoms with E-state index in [4.69, 9.17) is 27.9 Å². The summed E-state index contributed by atoms with van der Waals surface area (Å²) in [6.07, 6.45) is 0. The van der Waals surface area contributed by atoms with E-state index in [-0.39, 0.29) is 23.2 Å². The largest absolute Gasteiger partial charge is 0.487 e. The van der Waals surface area contributed by atoms with Gasteiger partial charge in [0.2, 0.25) is 0 Å². The number of ether oxygens (including phenoxy) is 1. The van der Waals surface area contributed by atoms with Crippen molar-refractivity contribution in [3.05, 3.63) is 115 Å². The second-order valence-electron chi connectivity index (χ2n) is 7.88. The fourth-order valence-electron chi connectivity index (χ4n) is 3.36. The minimum atomic E-state index is -0.535. The molecule has 0 atom stereocenters. The lowest BCUT2D eigenvalue weighted by Gasteiger charge is -2.09. The molecule has 1 aromatic heterocycles. The van der Waals surface area contributed by atoms with Gasteiger partial charge in [-0.25, -0.2) is 4.39 Å². The summed E-state index contributed by atoms with van der Waals surface area (Å²) in [5.74, 6) is -0.0695. The number of aromatic nitrogens is 2. The van der Waals surface area contributed by atoms with Gasteiger partial charge >= 0.3 is 0 Å². The fourth-order valence-corrected chi connectivity index (χ4v) is 3.82. The predicted octanol–water partition coefficient (Wildman–Crippen LogP) is 6.43. The summed E-state index contributed by atoms with van der Waals surface area (Å²) in [6.45, 7) is 2.33. The van der Waals surface area contributed by atoms with Crippen LogP contribution in [0.2, 0.25) is 10.0 Å². The molecule has 0 saturated carbocycles. The Morgan fingerprint density at radius 1 is 1.08 bits per heavy atom. The number of nitro benzene ring substituents is 1. The summed E-state index contributed by atoms with van der Waals surface area (Å²) in [5, 5.41) is 18.4. The molecule has 0 aliphatic heterocycles. The maximum absolute atomic E-state index is 13.3. The Balaban J connectivity index is 1.36.